The lowest BCUT2D eigenvalue weighted by molar-refractivity contribution is 0.307. The summed E-state index contributed by atoms with van der Waals surface area (Å²) in [6, 6.07) is 0.454. The van der Waals surface area contributed by atoms with Gasteiger partial charge >= 0.3 is 0 Å². The molecule has 0 saturated heterocycles. The maximum absolute atomic E-state index is 5.39. The molecule has 1 unspecified atom stereocenters. The summed E-state index contributed by atoms with van der Waals surface area (Å²) in [7, 11) is 4.09. The summed E-state index contributed by atoms with van der Waals surface area (Å²) < 4.78 is 0. The Morgan fingerprint density at radius 2 is 2.11 bits per heavy atom. The lowest BCUT2D eigenvalue weighted by Crippen LogP contribution is -2.30. The summed E-state index contributed by atoms with van der Waals surface area (Å²) in [5, 5.41) is 0. The summed E-state index contributed by atoms with van der Waals surface area (Å²) in [5.41, 5.74) is 5.39. The predicted octanol–water partition coefficient (Wildman–Crippen LogP) is 0.837. The molecular formula is C7H17N2. The molecule has 1 atom stereocenters. The Balaban J connectivity index is 3.41. The highest BCUT2D eigenvalue weighted by molar-refractivity contribution is 4.75. The fourth-order valence-electron chi connectivity index (χ4n) is 0.822. The van der Waals surface area contributed by atoms with Crippen LogP contribution in [0.15, 0.2) is 0 Å². The molecule has 0 rings (SSSR count). The zero-order chi connectivity index (χ0) is 7.28. The Morgan fingerprint density at radius 1 is 1.56 bits per heavy atom. The van der Waals surface area contributed by atoms with Crippen LogP contribution in [-0.4, -0.2) is 25.0 Å². The third kappa shape index (κ3) is 3.49. The van der Waals surface area contributed by atoms with Gasteiger partial charge in [0.2, 0.25) is 0 Å². The van der Waals surface area contributed by atoms with Crippen molar-refractivity contribution in [2.24, 2.45) is 5.73 Å². The van der Waals surface area contributed by atoms with Gasteiger partial charge in [0.25, 0.3) is 0 Å². The molecule has 0 aliphatic carbocycles. The fraction of sp³-hybridized carbons (Fsp3) is 0.857. The molecule has 2 heteroatoms. The molecular weight excluding hydrogens is 112 g/mol. The van der Waals surface area contributed by atoms with E-state index in [9.17, 15) is 0 Å². The highest BCUT2D eigenvalue weighted by Gasteiger charge is 2.06. The summed E-state index contributed by atoms with van der Waals surface area (Å²) >= 11 is 0. The molecule has 0 spiro atoms. The number of nitrogens with zero attached hydrogens (tertiary/aromatic N) is 1. The summed E-state index contributed by atoms with van der Waals surface area (Å²) in [6.07, 6.45) is 2.35. The molecule has 0 fully saturated rings. The van der Waals surface area contributed by atoms with Crippen molar-refractivity contribution in [3.05, 3.63) is 6.54 Å². The van der Waals surface area contributed by atoms with Crippen LogP contribution in [0.4, 0.5) is 0 Å². The molecule has 1 radical (unpaired) electrons. The molecule has 2 N–H and O–H groups in total. The highest BCUT2D eigenvalue weighted by atomic mass is 15.1. The van der Waals surface area contributed by atoms with Gasteiger partial charge < -0.3 is 10.6 Å². The fourth-order valence-corrected chi connectivity index (χ4v) is 0.822. The number of rotatable bonds is 4. The lowest BCUT2D eigenvalue weighted by atomic mass is 10.1. The van der Waals surface area contributed by atoms with Crippen LogP contribution >= 0.6 is 0 Å². The number of likely N-dealkylation sites (N-methyl/N-ethyl adjacent to an activating group) is 1. The molecule has 0 saturated carbocycles. The van der Waals surface area contributed by atoms with Crippen molar-refractivity contribution in [2.45, 2.75) is 25.8 Å². The van der Waals surface area contributed by atoms with Crippen LogP contribution in [0.2, 0.25) is 0 Å². The third-order valence-corrected chi connectivity index (χ3v) is 1.47. The van der Waals surface area contributed by atoms with E-state index >= 15 is 0 Å². The van der Waals surface area contributed by atoms with E-state index in [1.54, 1.807) is 6.54 Å². The number of hydrogen-bond donors (Lipinski definition) is 1. The van der Waals surface area contributed by atoms with Gasteiger partial charge in [0.1, 0.15) is 0 Å². The smallest absolute Gasteiger partial charge is 0.0365 e. The number of nitrogens with two attached hydrogens (primary N) is 1. The van der Waals surface area contributed by atoms with E-state index in [0.717, 1.165) is 6.42 Å². The maximum atomic E-state index is 5.39. The van der Waals surface area contributed by atoms with Gasteiger partial charge in [0.15, 0.2) is 0 Å². The van der Waals surface area contributed by atoms with Crippen molar-refractivity contribution in [3.63, 3.8) is 0 Å². The van der Waals surface area contributed by atoms with Crippen LogP contribution in [0.5, 0.6) is 0 Å². The Bertz CT molecular complexity index is 61.9. The third-order valence-electron chi connectivity index (χ3n) is 1.47. The molecule has 0 aromatic heterocycles. The first-order valence-electron chi connectivity index (χ1n) is 3.43. The molecule has 55 valence electrons. The van der Waals surface area contributed by atoms with Crippen molar-refractivity contribution in [1.29, 1.82) is 0 Å². The monoisotopic (exact) mass is 129 g/mol. The molecule has 2 nitrogen and oxygen atoms in total. The molecule has 0 aliphatic heterocycles. The van der Waals surface area contributed by atoms with Crippen LogP contribution in [-0.2, 0) is 0 Å². The summed E-state index contributed by atoms with van der Waals surface area (Å²) in [6.45, 7) is 3.92. The van der Waals surface area contributed by atoms with E-state index in [1.807, 2.05) is 14.1 Å². The maximum Gasteiger partial charge on any atom is 0.0365 e. The van der Waals surface area contributed by atoms with Gasteiger partial charge in [-0.25, -0.2) is 0 Å². The minimum atomic E-state index is 0.454. The predicted molar refractivity (Wildman–Crippen MR) is 40.9 cm³/mol. The molecule has 0 aromatic rings. The zero-order valence-electron chi connectivity index (χ0n) is 6.59. The van der Waals surface area contributed by atoms with Crippen LogP contribution in [0.1, 0.15) is 19.8 Å². The molecule has 0 aliphatic rings. The Kier molecular flexibility index (Phi) is 4.72. The largest absolute Gasteiger partial charge is 0.325 e. The minimum Gasteiger partial charge on any atom is -0.325 e. The Morgan fingerprint density at radius 3 is 2.22 bits per heavy atom. The second-order valence-electron chi connectivity index (χ2n) is 2.51. The van der Waals surface area contributed by atoms with Gasteiger partial charge in [-0.15, -0.1) is 0 Å². The van der Waals surface area contributed by atoms with E-state index in [0.29, 0.717) is 6.04 Å². The zero-order valence-corrected chi connectivity index (χ0v) is 6.59. The van der Waals surface area contributed by atoms with E-state index in [2.05, 4.69) is 11.8 Å². The average Bonchev–Trinajstić information content (AvgIpc) is 1.82. The quantitative estimate of drug-likeness (QED) is 0.609. The topological polar surface area (TPSA) is 29.3 Å². The molecule has 9 heavy (non-hydrogen) atoms. The summed E-state index contributed by atoms with van der Waals surface area (Å²) in [4.78, 5) is 2.13. The van der Waals surface area contributed by atoms with E-state index in [4.69, 9.17) is 5.73 Å². The van der Waals surface area contributed by atoms with Crippen molar-refractivity contribution < 1.29 is 0 Å². The van der Waals surface area contributed by atoms with E-state index in [-0.39, 0.29) is 0 Å². The lowest BCUT2D eigenvalue weighted by Gasteiger charge is -2.20. The van der Waals surface area contributed by atoms with Gasteiger partial charge in [-0.1, -0.05) is 13.3 Å². The number of hydrogen-bond acceptors (Lipinski definition) is 2. The molecule has 0 amide bonds. The first-order valence-corrected chi connectivity index (χ1v) is 3.43. The van der Waals surface area contributed by atoms with Crippen molar-refractivity contribution in [3.8, 4) is 0 Å². The SMILES string of the molecule is CCCC([CH]N)N(C)C. The first kappa shape index (κ1) is 8.92. The molecule has 0 heterocycles. The van der Waals surface area contributed by atoms with Gasteiger partial charge in [0, 0.05) is 12.6 Å². The van der Waals surface area contributed by atoms with Crippen molar-refractivity contribution in [1.82, 2.24) is 4.90 Å². The van der Waals surface area contributed by atoms with Crippen LogP contribution in [0.3, 0.4) is 0 Å². The van der Waals surface area contributed by atoms with Crippen LogP contribution < -0.4 is 5.73 Å². The second-order valence-corrected chi connectivity index (χ2v) is 2.51. The highest BCUT2D eigenvalue weighted by Crippen LogP contribution is 2.02. The summed E-state index contributed by atoms with van der Waals surface area (Å²) in [5.74, 6) is 0. The Labute approximate surface area is 58.0 Å². The van der Waals surface area contributed by atoms with E-state index in [1.165, 1.54) is 6.42 Å². The Hall–Kier alpha value is -0.0800. The van der Waals surface area contributed by atoms with Crippen LogP contribution in [0, 0.1) is 6.54 Å². The normalized spacial score (nSPS) is 14.3. The molecule has 0 aromatic carbocycles. The average molecular weight is 129 g/mol. The van der Waals surface area contributed by atoms with Gasteiger partial charge in [-0.05, 0) is 20.5 Å². The molecule has 0 bridgehead atoms. The van der Waals surface area contributed by atoms with Crippen molar-refractivity contribution in [2.75, 3.05) is 14.1 Å². The standard InChI is InChI=1S/C7H17N2/c1-4-5-7(6-8)9(2)3/h6-7H,4-5,8H2,1-3H3. The van der Waals surface area contributed by atoms with Crippen LogP contribution in [0.25, 0.3) is 0 Å². The first-order chi connectivity index (χ1) is 4.22. The second kappa shape index (κ2) is 4.77. The van der Waals surface area contributed by atoms with Crippen molar-refractivity contribution >= 4 is 0 Å². The van der Waals surface area contributed by atoms with Gasteiger partial charge in [-0.3, -0.25) is 0 Å². The van der Waals surface area contributed by atoms with Gasteiger partial charge in [0.05, 0.1) is 0 Å². The van der Waals surface area contributed by atoms with E-state index < -0.39 is 0 Å². The minimum absolute atomic E-state index is 0.454. The van der Waals surface area contributed by atoms with Gasteiger partial charge in [-0.2, -0.15) is 0 Å².